The summed E-state index contributed by atoms with van der Waals surface area (Å²) in [6.45, 7) is 9.21. The molecule has 2 fully saturated rings. The maximum absolute atomic E-state index is 14.5. The molecule has 2 amide bonds. The lowest BCUT2D eigenvalue weighted by atomic mass is 9.94. The minimum Gasteiger partial charge on any atom is -0.444 e. The van der Waals surface area contributed by atoms with Gasteiger partial charge in [-0.15, -0.1) is 0 Å². The molecule has 1 aliphatic carbocycles. The molecule has 2 saturated heterocycles. The molecule has 4 heterocycles. The summed E-state index contributed by atoms with van der Waals surface area (Å²) in [7, 11) is 0. The van der Waals surface area contributed by atoms with Gasteiger partial charge in [-0.05, 0) is 115 Å². The quantitative estimate of drug-likeness (QED) is 0.321. The van der Waals surface area contributed by atoms with Gasteiger partial charge in [-0.1, -0.05) is 17.7 Å². The van der Waals surface area contributed by atoms with Crippen molar-refractivity contribution in [2.45, 2.75) is 70.7 Å². The van der Waals surface area contributed by atoms with Crippen LogP contribution in [-0.4, -0.2) is 80.6 Å². The average molecular weight is 683 g/mol. The molecule has 1 aromatic carbocycles. The van der Waals surface area contributed by atoms with E-state index in [4.69, 9.17) is 21.3 Å². The number of aromatic nitrogens is 2. The molecule has 0 N–H and O–H groups in total. The van der Waals surface area contributed by atoms with Crippen molar-refractivity contribution < 1.29 is 14.3 Å². The van der Waals surface area contributed by atoms with Crippen LogP contribution < -0.4 is 0 Å². The number of hydrogen-bond acceptors (Lipinski definition) is 5. The Morgan fingerprint density at radius 1 is 1.05 bits per heavy atom. The fourth-order valence-corrected chi connectivity index (χ4v) is 7.56. The van der Waals surface area contributed by atoms with Crippen LogP contribution in [0.3, 0.4) is 0 Å². The third-order valence-corrected chi connectivity index (χ3v) is 9.62. The maximum Gasteiger partial charge on any atom is 0.411 e. The highest BCUT2D eigenvalue weighted by molar-refractivity contribution is 9.10. The smallest absolute Gasteiger partial charge is 0.411 e. The highest BCUT2D eigenvalue weighted by Gasteiger charge is 2.43. The Morgan fingerprint density at radius 3 is 2.59 bits per heavy atom. The fraction of sp³-hybridized carbons (Fsp3) is 0.500. The lowest BCUT2D eigenvalue weighted by Gasteiger charge is -2.46. The summed E-state index contributed by atoms with van der Waals surface area (Å²) in [5, 5.41) is 0.713. The lowest BCUT2D eigenvalue weighted by molar-refractivity contribution is -0.141. The van der Waals surface area contributed by atoms with Gasteiger partial charge in [0.25, 0.3) is 0 Å². The van der Waals surface area contributed by atoms with Crippen molar-refractivity contribution in [3.05, 3.63) is 86.9 Å². The molecule has 0 spiro atoms. The molecule has 6 rings (SSSR count). The standard InChI is InChI=1S/C34H41BrClN5O3/c1-34(2,3)44-33(43)41-16-15-39(22-29(41)32(42)40-14-6-7-23(21-40)20-38-12-4-5-13-38)31-28-11-10-27(36)18-24(28)8-9-25-17-26(35)19-37-30(25)31/h4-5,10-13,17-19,23,29,31H,6-9,14-16,20-22H2,1-3H3/t23-,29+,31-/m0/s1. The third-order valence-electron chi connectivity index (χ3n) is 8.95. The molecule has 3 aliphatic rings. The number of ether oxygens (including phenoxy) is 1. The Hall–Kier alpha value is -2.88. The van der Waals surface area contributed by atoms with Crippen LogP contribution in [0.2, 0.25) is 5.02 Å². The minimum atomic E-state index is -0.665. The third kappa shape index (κ3) is 6.85. The Morgan fingerprint density at radius 2 is 1.82 bits per heavy atom. The lowest BCUT2D eigenvalue weighted by Crippen LogP contribution is -2.63. The van der Waals surface area contributed by atoms with Crippen LogP contribution >= 0.6 is 27.5 Å². The van der Waals surface area contributed by atoms with Gasteiger partial charge in [0, 0.05) is 67.4 Å². The van der Waals surface area contributed by atoms with E-state index in [-0.39, 0.29) is 11.9 Å². The molecule has 0 radical (unpaired) electrons. The van der Waals surface area contributed by atoms with Crippen LogP contribution in [0.4, 0.5) is 4.79 Å². The molecule has 44 heavy (non-hydrogen) atoms. The van der Waals surface area contributed by atoms with Crippen molar-refractivity contribution in [3.63, 3.8) is 0 Å². The van der Waals surface area contributed by atoms with E-state index >= 15 is 0 Å². The van der Waals surface area contributed by atoms with Gasteiger partial charge in [0.1, 0.15) is 11.6 Å². The van der Waals surface area contributed by atoms with Gasteiger partial charge in [-0.25, -0.2) is 4.79 Å². The maximum atomic E-state index is 14.5. The van der Waals surface area contributed by atoms with Crippen LogP contribution in [0, 0.1) is 5.92 Å². The molecule has 0 saturated carbocycles. The van der Waals surface area contributed by atoms with Crippen molar-refractivity contribution in [2.24, 2.45) is 5.92 Å². The number of pyridine rings is 1. The Balaban J connectivity index is 1.32. The molecule has 10 heteroatoms. The van der Waals surface area contributed by atoms with Crippen molar-refractivity contribution in [1.82, 2.24) is 24.3 Å². The molecule has 8 nitrogen and oxygen atoms in total. The van der Waals surface area contributed by atoms with Gasteiger partial charge >= 0.3 is 6.09 Å². The second kappa shape index (κ2) is 12.9. The first kappa shape index (κ1) is 31.1. The molecule has 0 unspecified atom stereocenters. The molecule has 2 aliphatic heterocycles. The highest BCUT2D eigenvalue weighted by Crippen LogP contribution is 2.39. The van der Waals surface area contributed by atoms with E-state index in [0.29, 0.717) is 43.7 Å². The van der Waals surface area contributed by atoms with E-state index in [2.05, 4.69) is 56.0 Å². The van der Waals surface area contributed by atoms with Crippen molar-refractivity contribution in [3.8, 4) is 0 Å². The second-order valence-corrected chi connectivity index (χ2v) is 14.7. The number of carbonyl (C=O) groups excluding carboxylic acids is 2. The first-order chi connectivity index (χ1) is 21.1. The van der Waals surface area contributed by atoms with Gasteiger partial charge in [-0.2, -0.15) is 0 Å². The predicted molar refractivity (Wildman–Crippen MR) is 175 cm³/mol. The number of hydrogen-bond donors (Lipinski definition) is 0. The first-order valence-corrected chi connectivity index (χ1v) is 16.8. The van der Waals surface area contributed by atoms with E-state index in [9.17, 15) is 9.59 Å². The Bertz CT molecular complexity index is 1450. The SMILES string of the molecule is CC(C)(C)OC(=O)N1CCN([C@H]2c3ccc(Cl)cc3CCc3cc(Br)cnc32)C[C@@H]1C(=O)N1CCC[C@@H](Cn2cccc2)C1. The largest absolute Gasteiger partial charge is 0.444 e. The summed E-state index contributed by atoms with van der Waals surface area (Å²) in [4.78, 5) is 39.0. The van der Waals surface area contributed by atoms with Crippen molar-refractivity contribution in [2.75, 3.05) is 32.7 Å². The number of piperazine rings is 1. The topological polar surface area (TPSA) is 70.9 Å². The number of amides is 2. The highest BCUT2D eigenvalue weighted by atomic mass is 79.9. The Labute approximate surface area is 273 Å². The normalized spacial score (nSPS) is 22.6. The summed E-state index contributed by atoms with van der Waals surface area (Å²) >= 11 is 10.1. The zero-order valence-corrected chi connectivity index (χ0v) is 28.1. The molecule has 234 valence electrons. The van der Waals surface area contributed by atoms with Crippen LogP contribution in [0.15, 0.2) is 59.5 Å². The summed E-state index contributed by atoms with van der Waals surface area (Å²) < 4.78 is 8.97. The summed E-state index contributed by atoms with van der Waals surface area (Å²) in [5.74, 6) is 0.356. The van der Waals surface area contributed by atoms with Crippen LogP contribution in [-0.2, 0) is 28.9 Å². The number of rotatable bonds is 4. The van der Waals surface area contributed by atoms with E-state index in [1.54, 1.807) is 4.90 Å². The van der Waals surface area contributed by atoms with Gasteiger partial charge in [-0.3, -0.25) is 19.6 Å². The number of benzene rings is 1. The molecular formula is C34H41BrClN5O3. The van der Waals surface area contributed by atoms with Crippen LogP contribution in [0.1, 0.15) is 62.0 Å². The van der Waals surface area contributed by atoms with Gasteiger partial charge in [0.05, 0.1) is 11.7 Å². The fourth-order valence-electron chi connectivity index (χ4n) is 6.99. The van der Waals surface area contributed by atoms with Crippen LogP contribution in [0.25, 0.3) is 0 Å². The van der Waals surface area contributed by atoms with E-state index in [0.717, 1.165) is 48.0 Å². The minimum absolute atomic E-state index is 0.00768. The van der Waals surface area contributed by atoms with Crippen LogP contribution in [0.5, 0.6) is 0 Å². The zero-order chi connectivity index (χ0) is 31.0. The summed E-state index contributed by atoms with van der Waals surface area (Å²) in [6.07, 6.45) is 9.30. The Kier molecular flexibility index (Phi) is 9.09. The average Bonchev–Trinajstić information content (AvgIpc) is 3.44. The van der Waals surface area contributed by atoms with E-state index in [1.165, 1.54) is 11.1 Å². The van der Waals surface area contributed by atoms with Gasteiger partial charge in [0.2, 0.25) is 5.91 Å². The predicted octanol–water partition coefficient (Wildman–Crippen LogP) is 6.35. The molecular weight excluding hydrogens is 642 g/mol. The second-order valence-electron chi connectivity index (χ2n) is 13.3. The number of likely N-dealkylation sites (tertiary alicyclic amines) is 1. The van der Waals surface area contributed by atoms with Gasteiger partial charge < -0.3 is 14.2 Å². The van der Waals surface area contributed by atoms with Crippen molar-refractivity contribution in [1.29, 1.82) is 0 Å². The first-order valence-electron chi connectivity index (χ1n) is 15.6. The number of halogens is 2. The number of nitrogens with zero attached hydrogens (tertiary/aromatic N) is 5. The molecule has 2 aromatic heterocycles. The number of fused-ring (bicyclic) bond motifs is 2. The van der Waals surface area contributed by atoms with Gasteiger partial charge in [0.15, 0.2) is 0 Å². The van der Waals surface area contributed by atoms with Crippen molar-refractivity contribution >= 4 is 39.5 Å². The number of aryl methyl sites for hydroxylation is 2. The molecule has 3 atom stereocenters. The summed E-state index contributed by atoms with van der Waals surface area (Å²) in [6, 6.07) is 11.5. The summed E-state index contributed by atoms with van der Waals surface area (Å²) in [5.41, 5.74) is 3.86. The number of carbonyl (C=O) groups is 2. The van der Waals surface area contributed by atoms with E-state index < -0.39 is 17.7 Å². The number of piperidine rings is 1. The van der Waals surface area contributed by atoms with E-state index in [1.807, 2.05) is 50.1 Å². The zero-order valence-electron chi connectivity index (χ0n) is 25.7. The monoisotopic (exact) mass is 681 g/mol. The molecule has 0 bridgehead atoms. The molecule has 3 aromatic rings.